The number of hydrogen-bond donors (Lipinski definition) is 1. The largest absolute Gasteiger partial charge is 0.418 e. The highest BCUT2D eigenvalue weighted by atomic mass is 19.4. The van der Waals surface area contributed by atoms with Crippen molar-refractivity contribution in [1.29, 1.82) is 0 Å². The first kappa shape index (κ1) is 18.9. The standard InChI is InChI=1S/C21H22F3N4/c1-14-5-2-3-10-28(14)13-19-26-12-16-8-7-15(11-18(16)27-19)20-17(21(22,23)24)6-4-9-25-20/h4,6-9,11-12,14H,2-3,5,10,13H2,1H3,(H,26,27). The highest BCUT2D eigenvalue weighted by Crippen LogP contribution is 2.37. The van der Waals surface area contributed by atoms with Gasteiger partial charge >= 0.3 is 6.18 Å². The fraction of sp³-hybridized carbons (Fsp3) is 0.381. The van der Waals surface area contributed by atoms with Gasteiger partial charge in [-0.25, -0.2) is 0 Å². The van der Waals surface area contributed by atoms with Crippen LogP contribution in [0.25, 0.3) is 11.3 Å². The zero-order valence-corrected chi connectivity index (χ0v) is 15.6. The predicted octanol–water partition coefficient (Wildman–Crippen LogP) is 4.98. The Balaban J connectivity index is 1.58. The van der Waals surface area contributed by atoms with E-state index in [0.717, 1.165) is 29.7 Å². The van der Waals surface area contributed by atoms with E-state index >= 15 is 0 Å². The molecular formula is C21H22F3N4. The Morgan fingerprint density at radius 3 is 2.86 bits per heavy atom. The summed E-state index contributed by atoms with van der Waals surface area (Å²) in [6.07, 6.45) is 0.547. The number of piperidine rings is 1. The molecule has 1 atom stereocenters. The van der Waals surface area contributed by atoms with Crippen molar-refractivity contribution in [3.05, 3.63) is 54.2 Å². The van der Waals surface area contributed by atoms with Gasteiger partial charge in [0.1, 0.15) is 12.4 Å². The number of likely N-dealkylation sites (tertiary alicyclic amines) is 1. The first-order valence-electron chi connectivity index (χ1n) is 9.49. The normalized spacial score (nSPS) is 20.3. The topological polar surface area (TPSA) is 40.5 Å². The number of fused-ring (bicyclic) bond motifs is 1. The van der Waals surface area contributed by atoms with Crippen LogP contribution in [0, 0.1) is 6.54 Å². The van der Waals surface area contributed by atoms with E-state index < -0.39 is 11.7 Å². The van der Waals surface area contributed by atoms with Gasteiger partial charge in [-0.05, 0) is 44.5 Å². The average Bonchev–Trinajstić information content (AvgIpc) is 2.68. The summed E-state index contributed by atoms with van der Waals surface area (Å²) in [5, 5.41) is 3.30. The minimum Gasteiger partial charge on any atom is -0.343 e. The number of nitrogens with zero attached hydrogens (tertiary/aromatic N) is 3. The molecule has 0 saturated carbocycles. The highest BCUT2D eigenvalue weighted by Gasteiger charge is 2.34. The Morgan fingerprint density at radius 2 is 2.07 bits per heavy atom. The van der Waals surface area contributed by atoms with Crippen molar-refractivity contribution in [2.75, 3.05) is 18.4 Å². The SMILES string of the molecule is CC1CCCCN1CC1=N[CH]c2ccc(-c3ncccc3C(F)(F)F)cc2N1. The number of benzene rings is 1. The van der Waals surface area contributed by atoms with E-state index in [-0.39, 0.29) is 5.69 Å². The lowest BCUT2D eigenvalue weighted by atomic mass is 10.0. The summed E-state index contributed by atoms with van der Waals surface area (Å²) < 4.78 is 40.0. The molecule has 2 aliphatic heterocycles. The third kappa shape index (κ3) is 3.90. The molecule has 2 aliphatic rings. The van der Waals surface area contributed by atoms with Crippen LogP contribution in [0.1, 0.15) is 37.3 Å². The number of nitrogens with one attached hydrogen (secondary N) is 1. The second-order valence-corrected chi connectivity index (χ2v) is 7.34. The molecule has 1 radical (unpaired) electrons. The van der Waals surface area contributed by atoms with Gasteiger partial charge < -0.3 is 5.32 Å². The Labute approximate surface area is 162 Å². The lowest BCUT2D eigenvalue weighted by Gasteiger charge is -2.34. The maximum Gasteiger partial charge on any atom is 0.418 e. The van der Waals surface area contributed by atoms with Crippen LogP contribution in [0.5, 0.6) is 0 Å². The molecule has 7 heteroatoms. The highest BCUT2D eigenvalue weighted by molar-refractivity contribution is 6.00. The van der Waals surface area contributed by atoms with E-state index in [1.807, 2.05) is 0 Å². The van der Waals surface area contributed by atoms with Crippen LogP contribution in [0.2, 0.25) is 0 Å². The molecule has 2 aromatic rings. The molecule has 0 bridgehead atoms. The molecule has 1 saturated heterocycles. The number of aromatic nitrogens is 1. The first-order chi connectivity index (χ1) is 13.4. The van der Waals surface area contributed by atoms with Crippen molar-refractivity contribution in [3.8, 4) is 11.3 Å². The maximum atomic E-state index is 13.3. The first-order valence-corrected chi connectivity index (χ1v) is 9.49. The van der Waals surface area contributed by atoms with Crippen LogP contribution < -0.4 is 5.32 Å². The van der Waals surface area contributed by atoms with Gasteiger partial charge in [-0.2, -0.15) is 13.2 Å². The molecule has 0 spiro atoms. The lowest BCUT2D eigenvalue weighted by molar-refractivity contribution is -0.137. The van der Waals surface area contributed by atoms with Crippen LogP contribution in [-0.2, 0) is 6.18 Å². The zero-order valence-electron chi connectivity index (χ0n) is 15.6. The summed E-state index contributed by atoms with van der Waals surface area (Å²) in [6.45, 7) is 5.73. The molecule has 1 aromatic heterocycles. The Hall–Kier alpha value is -2.41. The van der Waals surface area contributed by atoms with E-state index in [4.69, 9.17) is 0 Å². The molecular weight excluding hydrogens is 365 g/mol. The number of hydrogen-bond acceptors (Lipinski definition) is 4. The van der Waals surface area contributed by atoms with Gasteiger partial charge in [-0.1, -0.05) is 18.6 Å². The summed E-state index contributed by atoms with van der Waals surface area (Å²) >= 11 is 0. The van der Waals surface area contributed by atoms with Crippen LogP contribution in [-0.4, -0.2) is 34.9 Å². The fourth-order valence-electron chi connectivity index (χ4n) is 3.79. The zero-order chi connectivity index (χ0) is 19.7. The van der Waals surface area contributed by atoms with E-state index in [9.17, 15) is 13.2 Å². The maximum absolute atomic E-state index is 13.3. The summed E-state index contributed by atoms with van der Waals surface area (Å²) in [5.74, 6) is 0.815. The van der Waals surface area contributed by atoms with Crippen molar-refractivity contribution in [1.82, 2.24) is 9.88 Å². The molecule has 0 aliphatic carbocycles. The molecule has 4 nitrogen and oxygen atoms in total. The van der Waals surface area contributed by atoms with Gasteiger partial charge in [0.2, 0.25) is 0 Å². The average molecular weight is 387 g/mol. The molecule has 147 valence electrons. The second-order valence-electron chi connectivity index (χ2n) is 7.34. The van der Waals surface area contributed by atoms with Crippen molar-refractivity contribution in [3.63, 3.8) is 0 Å². The van der Waals surface area contributed by atoms with Gasteiger partial charge in [-0.15, -0.1) is 0 Å². The van der Waals surface area contributed by atoms with Crippen LogP contribution >= 0.6 is 0 Å². The van der Waals surface area contributed by atoms with E-state index in [2.05, 4.69) is 27.1 Å². The van der Waals surface area contributed by atoms with Gasteiger partial charge in [0, 0.05) is 29.1 Å². The molecule has 1 N–H and O–H groups in total. The molecule has 4 rings (SSSR count). The van der Waals surface area contributed by atoms with E-state index in [1.54, 1.807) is 24.7 Å². The van der Waals surface area contributed by atoms with Gasteiger partial charge in [-0.3, -0.25) is 14.9 Å². The summed E-state index contributed by atoms with van der Waals surface area (Å²) in [4.78, 5) is 10.9. The minimum atomic E-state index is -4.45. The van der Waals surface area contributed by atoms with Crippen molar-refractivity contribution >= 4 is 11.5 Å². The molecule has 1 aromatic carbocycles. The van der Waals surface area contributed by atoms with E-state index in [1.165, 1.54) is 31.5 Å². The molecule has 1 unspecified atom stereocenters. The molecule has 1 fully saturated rings. The molecule has 28 heavy (non-hydrogen) atoms. The number of anilines is 1. The third-order valence-electron chi connectivity index (χ3n) is 5.37. The van der Waals surface area contributed by atoms with Gasteiger partial charge in [0.25, 0.3) is 0 Å². The summed E-state index contributed by atoms with van der Waals surface area (Å²) in [6, 6.07) is 8.03. The Kier molecular flexibility index (Phi) is 5.10. The minimum absolute atomic E-state index is 0.0617. The van der Waals surface area contributed by atoms with Crippen LogP contribution in [0.4, 0.5) is 18.9 Å². The van der Waals surface area contributed by atoms with Crippen molar-refractivity contribution in [2.24, 2.45) is 4.99 Å². The molecule has 0 amide bonds. The number of rotatable bonds is 3. The molecule has 3 heterocycles. The summed E-state index contributed by atoms with van der Waals surface area (Å²) in [5.41, 5.74) is 1.24. The number of pyridine rings is 1. The summed E-state index contributed by atoms with van der Waals surface area (Å²) in [7, 11) is 0. The van der Waals surface area contributed by atoms with Crippen LogP contribution in [0.3, 0.4) is 0 Å². The second kappa shape index (κ2) is 7.54. The Morgan fingerprint density at radius 1 is 1.21 bits per heavy atom. The predicted molar refractivity (Wildman–Crippen MR) is 104 cm³/mol. The van der Waals surface area contributed by atoms with Crippen molar-refractivity contribution < 1.29 is 13.2 Å². The number of alkyl halides is 3. The number of aliphatic imine (C=N–C) groups is 1. The number of halogens is 3. The lowest BCUT2D eigenvalue weighted by Crippen LogP contribution is -2.43. The van der Waals surface area contributed by atoms with Gasteiger partial charge in [0.05, 0.1) is 17.8 Å². The smallest absolute Gasteiger partial charge is 0.343 e. The van der Waals surface area contributed by atoms with Gasteiger partial charge in [0.15, 0.2) is 0 Å². The quantitative estimate of drug-likeness (QED) is 0.808. The fourth-order valence-corrected chi connectivity index (χ4v) is 3.79. The van der Waals surface area contributed by atoms with Crippen molar-refractivity contribution in [2.45, 2.75) is 38.4 Å². The van der Waals surface area contributed by atoms with E-state index in [0.29, 0.717) is 18.2 Å². The number of amidine groups is 1. The van der Waals surface area contributed by atoms with Crippen LogP contribution in [0.15, 0.2) is 41.5 Å². The third-order valence-corrected chi connectivity index (χ3v) is 5.37. The Bertz CT molecular complexity index is 891. The monoisotopic (exact) mass is 387 g/mol.